The van der Waals surface area contributed by atoms with Gasteiger partial charge in [-0.3, -0.25) is 0 Å². The van der Waals surface area contributed by atoms with Crippen LogP contribution in [-0.2, 0) is 4.74 Å². The van der Waals surface area contributed by atoms with Crippen molar-refractivity contribution in [3.05, 3.63) is 23.9 Å². The van der Waals surface area contributed by atoms with Crippen LogP contribution in [0.15, 0.2) is 18.3 Å². The Morgan fingerprint density at radius 1 is 1.14 bits per heavy atom. The summed E-state index contributed by atoms with van der Waals surface area (Å²) in [4.78, 5) is 22.5. The van der Waals surface area contributed by atoms with Crippen LogP contribution in [0.3, 0.4) is 0 Å². The van der Waals surface area contributed by atoms with E-state index < -0.39 is 0 Å². The molecule has 22 heavy (non-hydrogen) atoms. The minimum Gasteiger partial charge on any atom is -0.378 e. The zero-order valence-electron chi connectivity index (χ0n) is 12.4. The minimum absolute atomic E-state index is 0.0875. The third-order valence-electron chi connectivity index (χ3n) is 4.04. The number of ether oxygens (including phenoxy) is 1. The molecule has 7 heteroatoms. The molecule has 0 aromatic carbocycles. The number of nitriles is 1. The van der Waals surface area contributed by atoms with E-state index in [2.05, 4.69) is 16.0 Å². The van der Waals surface area contributed by atoms with Gasteiger partial charge < -0.3 is 19.4 Å². The third kappa shape index (κ3) is 2.97. The van der Waals surface area contributed by atoms with E-state index >= 15 is 0 Å². The largest absolute Gasteiger partial charge is 0.378 e. The van der Waals surface area contributed by atoms with Crippen molar-refractivity contribution in [3.63, 3.8) is 0 Å². The van der Waals surface area contributed by atoms with Gasteiger partial charge in [-0.25, -0.2) is 9.78 Å². The number of pyridine rings is 1. The highest BCUT2D eigenvalue weighted by atomic mass is 16.5. The lowest BCUT2D eigenvalue weighted by atomic mass is 10.2. The van der Waals surface area contributed by atoms with Crippen molar-refractivity contribution in [3.8, 4) is 6.07 Å². The number of amides is 2. The molecular formula is C15H19N5O2. The lowest BCUT2D eigenvalue weighted by Crippen LogP contribution is -2.55. The lowest BCUT2D eigenvalue weighted by molar-refractivity contribution is 0.0428. The first kappa shape index (κ1) is 14.6. The number of nitrogens with zero attached hydrogens (tertiary/aromatic N) is 5. The van der Waals surface area contributed by atoms with E-state index in [-0.39, 0.29) is 6.03 Å². The van der Waals surface area contributed by atoms with Crippen LogP contribution in [-0.4, -0.2) is 73.3 Å². The molecule has 0 N–H and O–H groups in total. The number of piperazine rings is 1. The Kier molecular flexibility index (Phi) is 4.39. The molecule has 0 unspecified atom stereocenters. The molecule has 2 aliphatic rings. The summed E-state index contributed by atoms with van der Waals surface area (Å²) in [6, 6.07) is 5.79. The molecule has 2 saturated heterocycles. The molecule has 0 radical (unpaired) electrons. The van der Waals surface area contributed by atoms with Gasteiger partial charge in [0.1, 0.15) is 11.9 Å². The van der Waals surface area contributed by atoms with Crippen LogP contribution in [0.1, 0.15) is 5.56 Å². The zero-order chi connectivity index (χ0) is 15.4. The first-order valence-electron chi connectivity index (χ1n) is 7.51. The second-order valence-corrected chi connectivity index (χ2v) is 5.34. The molecule has 1 aromatic rings. The summed E-state index contributed by atoms with van der Waals surface area (Å²) < 4.78 is 5.28. The average molecular weight is 301 g/mol. The summed E-state index contributed by atoms with van der Waals surface area (Å²) in [5.74, 6) is 0.712. The molecule has 3 heterocycles. The number of carbonyl (C=O) groups excluding carboxylic acids is 1. The second-order valence-electron chi connectivity index (χ2n) is 5.34. The summed E-state index contributed by atoms with van der Waals surface area (Å²) >= 11 is 0. The fraction of sp³-hybridized carbons (Fsp3) is 0.533. The molecule has 7 nitrogen and oxygen atoms in total. The molecule has 2 aliphatic heterocycles. The Bertz CT molecular complexity index is 572. The van der Waals surface area contributed by atoms with Crippen LogP contribution in [0.25, 0.3) is 0 Å². The van der Waals surface area contributed by atoms with Gasteiger partial charge in [0.2, 0.25) is 0 Å². The number of morpholine rings is 1. The molecule has 116 valence electrons. The van der Waals surface area contributed by atoms with Gasteiger partial charge in [0, 0.05) is 45.5 Å². The maximum atomic E-state index is 12.4. The van der Waals surface area contributed by atoms with Gasteiger partial charge in [-0.05, 0) is 12.1 Å². The number of hydrogen-bond donors (Lipinski definition) is 0. The summed E-state index contributed by atoms with van der Waals surface area (Å²) in [6.07, 6.45) is 1.70. The van der Waals surface area contributed by atoms with E-state index in [1.807, 2.05) is 9.80 Å². The fourth-order valence-electron chi connectivity index (χ4n) is 2.80. The van der Waals surface area contributed by atoms with Crippen LogP contribution in [0.4, 0.5) is 10.6 Å². The Labute approximate surface area is 129 Å². The molecule has 2 fully saturated rings. The summed E-state index contributed by atoms with van der Waals surface area (Å²) in [6.45, 7) is 5.25. The van der Waals surface area contributed by atoms with Crippen molar-refractivity contribution in [2.45, 2.75) is 0 Å². The van der Waals surface area contributed by atoms with Crippen molar-refractivity contribution >= 4 is 11.8 Å². The maximum Gasteiger partial charge on any atom is 0.320 e. The zero-order valence-corrected chi connectivity index (χ0v) is 12.4. The van der Waals surface area contributed by atoms with Gasteiger partial charge in [0.15, 0.2) is 0 Å². The van der Waals surface area contributed by atoms with Gasteiger partial charge in [-0.15, -0.1) is 0 Å². The van der Waals surface area contributed by atoms with E-state index in [1.165, 1.54) is 0 Å². The number of rotatable bonds is 1. The standard InChI is InChI=1S/C15H19N5O2/c16-12-13-2-1-3-17-14(13)18-4-6-19(7-5-18)15(21)20-8-10-22-11-9-20/h1-3H,4-11H2. The van der Waals surface area contributed by atoms with E-state index in [0.29, 0.717) is 63.9 Å². The monoisotopic (exact) mass is 301 g/mol. The van der Waals surface area contributed by atoms with Gasteiger partial charge in [-0.1, -0.05) is 0 Å². The Balaban J connectivity index is 1.60. The smallest absolute Gasteiger partial charge is 0.320 e. The number of anilines is 1. The fourth-order valence-corrected chi connectivity index (χ4v) is 2.80. The molecule has 0 aliphatic carbocycles. The van der Waals surface area contributed by atoms with Gasteiger partial charge in [-0.2, -0.15) is 5.26 Å². The number of urea groups is 1. The SMILES string of the molecule is N#Cc1cccnc1N1CCN(C(=O)N2CCOCC2)CC1. The van der Waals surface area contributed by atoms with E-state index in [1.54, 1.807) is 18.3 Å². The molecular weight excluding hydrogens is 282 g/mol. The van der Waals surface area contributed by atoms with Crippen molar-refractivity contribution in [2.24, 2.45) is 0 Å². The molecule has 0 atom stereocenters. The summed E-state index contributed by atoms with van der Waals surface area (Å²) in [7, 11) is 0. The van der Waals surface area contributed by atoms with Crippen molar-refractivity contribution in [1.82, 2.24) is 14.8 Å². The van der Waals surface area contributed by atoms with Crippen LogP contribution in [0.5, 0.6) is 0 Å². The Morgan fingerprint density at radius 3 is 2.50 bits per heavy atom. The summed E-state index contributed by atoms with van der Waals surface area (Å²) in [5.41, 5.74) is 0.579. The third-order valence-corrected chi connectivity index (χ3v) is 4.04. The van der Waals surface area contributed by atoms with E-state index in [0.717, 1.165) is 0 Å². The van der Waals surface area contributed by atoms with E-state index in [9.17, 15) is 4.79 Å². The molecule has 2 amide bonds. The summed E-state index contributed by atoms with van der Waals surface area (Å²) in [5, 5.41) is 9.16. The van der Waals surface area contributed by atoms with Crippen LogP contribution < -0.4 is 4.90 Å². The van der Waals surface area contributed by atoms with Crippen LogP contribution in [0, 0.1) is 11.3 Å². The Hall–Kier alpha value is -2.33. The van der Waals surface area contributed by atoms with Crippen molar-refractivity contribution in [1.29, 1.82) is 5.26 Å². The average Bonchev–Trinajstić information content (AvgIpc) is 2.62. The van der Waals surface area contributed by atoms with Crippen LogP contribution in [0.2, 0.25) is 0 Å². The number of carbonyl (C=O) groups is 1. The second kappa shape index (κ2) is 6.62. The van der Waals surface area contributed by atoms with Gasteiger partial charge in [0.25, 0.3) is 0 Å². The molecule has 0 saturated carbocycles. The Morgan fingerprint density at radius 2 is 1.82 bits per heavy atom. The number of aromatic nitrogens is 1. The minimum atomic E-state index is 0.0875. The first-order chi connectivity index (χ1) is 10.8. The highest BCUT2D eigenvalue weighted by Crippen LogP contribution is 2.18. The van der Waals surface area contributed by atoms with Crippen LogP contribution >= 0.6 is 0 Å². The van der Waals surface area contributed by atoms with Gasteiger partial charge >= 0.3 is 6.03 Å². The normalized spacial score (nSPS) is 19.0. The topological polar surface area (TPSA) is 72.7 Å². The van der Waals surface area contributed by atoms with Gasteiger partial charge in [0.05, 0.1) is 18.8 Å². The quantitative estimate of drug-likeness (QED) is 0.756. The lowest BCUT2D eigenvalue weighted by Gasteiger charge is -2.39. The maximum absolute atomic E-state index is 12.4. The molecule has 1 aromatic heterocycles. The molecule has 3 rings (SSSR count). The predicted octanol–water partition coefficient (Wildman–Crippen LogP) is 0.527. The first-order valence-corrected chi connectivity index (χ1v) is 7.51. The highest BCUT2D eigenvalue weighted by Gasteiger charge is 2.27. The highest BCUT2D eigenvalue weighted by molar-refractivity contribution is 5.75. The molecule has 0 spiro atoms. The molecule has 0 bridgehead atoms. The van der Waals surface area contributed by atoms with Crippen molar-refractivity contribution < 1.29 is 9.53 Å². The van der Waals surface area contributed by atoms with Crippen molar-refractivity contribution in [2.75, 3.05) is 57.4 Å². The van der Waals surface area contributed by atoms with E-state index in [4.69, 9.17) is 10.00 Å². The predicted molar refractivity (Wildman–Crippen MR) is 80.5 cm³/mol. The number of hydrogen-bond acceptors (Lipinski definition) is 5.